The maximum atomic E-state index is 12.2. The highest BCUT2D eigenvalue weighted by atomic mass is 16.3. The van der Waals surface area contributed by atoms with Gasteiger partial charge in [0, 0.05) is 17.3 Å². The van der Waals surface area contributed by atoms with Crippen LogP contribution in [-0.2, 0) is 4.79 Å². The lowest BCUT2D eigenvalue weighted by Gasteiger charge is -2.48. The number of Topliss-reactive ketones (excluding diaryl/α,β-unsaturated/α-hetero) is 1. The van der Waals surface area contributed by atoms with Crippen LogP contribution >= 0.6 is 0 Å². The van der Waals surface area contributed by atoms with Crippen molar-refractivity contribution in [3.05, 3.63) is 22.8 Å². The van der Waals surface area contributed by atoms with Gasteiger partial charge in [0.1, 0.15) is 0 Å². The molecule has 0 radical (unpaired) electrons. The van der Waals surface area contributed by atoms with Crippen molar-refractivity contribution in [1.82, 2.24) is 0 Å². The van der Waals surface area contributed by atoms with Crippen LogP contribution < -0.4 is 0 Å². The topological polar surface area (TPSA) is 37.3 Å². The summed E-state index contributed by atoms with van der Waals surface area (Å²) in [6.45, 7) is 4.35. The molecule has 3 rings (SSSR count). The number of hydrogen-bond acceptors (Lipinski definition) is 2. The van der Waals surface area contributed by atoms with Gasteiger partial charge in [0.25, 0.3) is 0 Å². The van der Waals surface area contributed by atoms with E-state index in [9.17, 15) is 9.90 Å². The molecule has 1 fully saturated rings. The van der Waals surface area contributed by atoms with Crippen molar-refractivity contribution < 1.29 is 9.90 Å². The highest BCUT2D eigenvalue weighted by Crippen LogP contribution is 2.55. The summed E-state index contributed by atoms with van der Waals surface area (Å²) in [7, 11) is 0. The summed E-state index contributed by atoms with van der Waals surface area (Å²) < 4.78 is 0. The molecule has 1 saturated carbocycles. The number of rotatable bonds is 1. The Kier molecular flexibility index (Phi) is 3.17. The molecule has 104 valence electrons. The summed E-state index contributed by atoms with van der Waals surface area (Å²) in [5.74, 6) is 0.930. The van der Waals surface area contributed by atoms with Gasteiger partial charge in [-0.05, 0) is 51.0 Å². The number of carbonyl (C=O) groups excluding carboxylic acids is 1. The molecule has 0 saturated heterocycles. The Hall–Kier alpha value is -0.890. The van der Waals surface area contributed by atoms with E-state index in [1.807, 2.05) is 6.92 Å². The van der Waals surface area contributed by atoms with Crippen LogP contribution in [0.3, 0.4) is 0 Å². The van der Waals surface area contributed by atoms with Gasteiger partial charge < -0.3 is 5.11 Å². The monoisotopic (exact) mass is 260 g/mol. The largest absolute Gasteiger partial charge is 0.395 e. The van der Waals surface area contributed by atoms with Gasteiger partial charge in [0.05, 0.1) is 6.61 Å². The molecule has 2 nitrogen and oxygen atoms in total. The second-order valence-corrected chi connectivity index (χ2v) is 6.69. The van der Waals surface area contributed by atoms with Crippen LogP contribution in [0.4, 0.5) is 0 Å². The van der Waals surface area contributed by atoms with Crippen LogP contribution in [0.5, 0.6) is 0 Å². The van der Waals surface area contributed by atoms with Crippen LogP contribution in [0.2, 0.25) is 0 Å². The van der Waals surface area contributed by atoms with Gasteiger partial charge in [-0.2, -0.15) is 0 Å². The molecule has 3 aliphatic rings. The third kappa shape index (κ3) is 1.84. The zero-order valence-corrected chi connectivity index (χ0v) is 12.0. The molecule has 2 heteroatoms. The normalized spacial score (nSPS) is 38.7. The molecular weight excluding hydrogens is 236 g/mol. The Labute approximate surface area is 115 Å². The van der Waals surface area contributed by atoms with E-state index in [4.69, 9.17) is 0 Å². The third-order valence-corrected chi connectivity index (χ3v) is 5.70. The summed E-state index contributed by atoms with van der Waals surface area (Å²) in [4.78, 5) is 12.2. The summed E-state index contributed by atoms with van der Waals surface area (Å²) in [6, 6.07) is 0. The van der Waals surface area contributed by atoms with Crippen molar-refractivity contribution in [3.63, 3.8) is 0 Å². The van der Waals surface area contributed by atoms with Crippen molar-refractivity contribution in [2.45, 2.75) is 52.4 Å². The van der Waals surface area contributed by atoms with E-state index in [-0.39, 0.29) is 17.9 Å². The van der Waals surface area contributed by atoms with Gasteiger partial charge in [-0.25, -0.2) is 0 Å². The van der Waals surface area contributed by atoms with Crippen LogP contribution in [0.25, 0.3) is 0 Å². The van der Waals surface area contributed by atoms with Crippen LogP contribution in [-0.4, -0.2) is 17.5 Å². The van der Waals surface area contributed by atoms with Crippen molar-refractivity contribution in [2.24, 2.45) is 17.3 Å². The fourth-order valence-corrected chi connectivity index (χ4v) is 4.53. The van der Waals surface area contributed by atoms with Gasteiger partial charge in [-0.3, -0.25) is 4.79 Å². The lowest BCUT2D eigenvalue weighted by molar-refractivity contribution is -0.119. The molecule has 0 amide bonds. The maximum Gasteiger partial charge on any atom is 0.161 e. The van der Waals surface area contributed by atoms with Gasteiger partial charge >= 0.3 is 0 Å². The Balaban J connectivity index is 2.06. The first-order valence-electron chi connectivity index (χ1n) is 7.64. The molecule has 0 heterocycles. The molecule has 0 spiro atoms. The van der Waals surface area contributed by atoms with E-state index >= 15 is 0 Å². The fourth-order valence-electron chi connectivity index (χ4n) is 4.53. The van der Waals surface area contributed by atoms with E-state index < -0.39 is 0 Å². The number of ketones is 1. The van der Waals surface area contributed by atoms with E-state index in [0.29, 0.717) is 11.7 Å². The van der Waals surface area contributed by atoms with Crippen molar-refractivity contribution in [2.75, 3.05) is 6.61 Å². The minimum absolute atomic E-state index is 0.0345. The molecule has 0 aromatic rings. The first-order chi connectivity index (χ1) is 9.09. The maximum absolute atomic E-state index is 12.2. The molecule has 3 aliphatic carbocycles. The summed E-state index contributed by atoms with van der Waals surface area (Å²) in [6.07, 6.45) is 8.83. The Morgan fingerprint density at radius 3 is 2.95 bits per heavy atom. The zero-order chi connectivity index (χ0) is 13.6. The predicted molar refractivity (Wildman–Crippen MR) is 75.7 cm³/mol. The van der Waals surface area contributed by atoms with Gasteiger partial charge in [0.15, 0.2) is 5.78 Å². The Morgan fingerprint density at radius 2 is 2.21 bits per heavy atom. The van der Waals surface area contributed by atoms with Crippen LogP contribution in [0, 0.1) is 17.3 Å². The minimum Gasteiger partial charge on any atom is -0.395 e. The summed E-state index contributed by atoms with van der Waals surface area (Å²) in [5.41, 5.74) is 3.88. The second kappa shape index (κ2) is 4.59. The Morgan fingerprint density at radius 1 is 1.42 bits per heavy atom. The quantitative estimate of drug-likeness (QED) is 0.734. The number of hydrogen-bond donors (Lipinski definition) is 1. The minimum atomic E-state index is 0.0345. The molecule has 3 atom stereocenters. The summed E-state index contributed by atoms with van der Waals surface area (Å²) in [5, 5.41) is 9.93. The zero-order valence-electron chi connectivity index (χ0n) is 12.0. The van der Waals surface area contributed by atoms with Crippen molar-refractivity contribution >= 4 is 5.78 Å². The lowest BCUT2D eigenvalue weighted by atomic mass is 9.56. The number of aliphatic hydroxyl groups is 1. The van der Waals surface area contributed by atoms with Crippen LogP contribution in [0.1, 0.15) is 52.4 Å². The SMILES string of the molecule is CC1=C2CCC3(CO)CCCC=C3C2CC(C)C1=O. The average Bonchev–Trinajstić information content (AvgIpc) is 2.44. The van der Waals surface area contributed by atoms with Gasteiger partial charge in [0.2, 0.25) is 0 Å². The van der Waals surface area contributed by atoms with Crippen LogP contribution in [0.15, 0.2) is 22.8 Å². The highest BCUT2D eigenvalue weighted by Gasteiger charge is 2.46. The Bertz CT molecular complexity index is 472. The number of fused-ring (bicyclic) bond motifs is 3. The van der Waals surface area contributed by atoms with E-state index in [1.165, 1.54) is 17.6 Å². The first kappa shape index (κ1) is 13.1. The molecular formula is C17H24O2. The molecule has 0 aliphatic heterocycles. The van der Waals surface area contributed by atoms with Crippen molar-refractivity contribution in [1.29, 1.82) is 0 Å². The molecule has 0 aromatic heterocycles. The van der Waals surface area contributed by atoms with E-state index in [1.54, 1.807) is 0 Å². The molecule has 0 bridgehead atoms. The number of allylic oxidation sites excluding steroid dienone is 3. The number of carbonyl (C=O) groups is 1. The summed E-state index contributed by atoms with van der Waals surface area (Å²) >= 11 is 0. The molecule has 0 aromatic carbocycles. The highest BCUT2D eigenvalue weighted by molar-refractivity contribution is 5.98. The standard InChI is InChI=1S/C17H24O2/c1-11-9-14-13(12(2)16(11)19)6-8-17(10-18)7-4-3-5-15(14)17/h5,11,14,18H,3-4,6-10H2,1-2H3. The molecule has 1 N–H and O–H groups in total. The van der Waals surface area contributed by atoms with Gasteiger partial charge in [-0.15, -0.1) is 0 Å². The van der Waals surface area contributed by atoms with E-state index in [2.05, 4.69) is 13.0 Å². The second-order valence-electron chi connectivity index (χ2n) is 6.69. The van der Waals surface area contributed by atoms with Crippen molar-refractivity contribution in [3.8, 4) is 0 Å². The lowest BCUT2D eigenvalue weighted by Crippen LogP contribution is -2.41. The molecule has 3 unspecified atom stereocenters. The smallest absolute Gasteiger partial charge is 0.161 e. The third-order valence-electron chi connectivity index (χ3n) is 5.70. The van der Waals surface area contributed by atoms with Gasteiger partial charge in [-0.1, -0.05) is 24.1 Å². The fraction of sp³-hybridized carbons (Fsp3) is 0.706. The first-order valence-corrected chi connectivity index (χ1v) is 7.64. The number of aliphatic hydroxyl groups excluding tert-OH is 1. The van der Waals surface area contributed by atoms with E-state index in [0.717, 1.165) is 37.7 Å². The average molecular weight is 260 g/mol. The predicted octanol–water partition coefficient (Wildman–Crippen LogP) is 3.41. The molecule has 19 heavy (non-hydrogen) atoms.